The van der Waals surface area contributed by atoms with E-state index in [2.05, 4.69) is 4.90 Å². The zero-order valence-electron chi connectivity index (χ0n) is 7.09. The van der Waals surface area contributed by atoms with Gasteiger partial charge in [-0.2, -0.15) is 0 Å². The molecule has 1 heterocycles. The summed E-state index contributed by atoms with van der Waals surface area (Å²) >= 11 is 0. The molecular weight excluding hydrogens is 138 g/mol. The summed E-state index contributed by atoms with van der Waals surface area (Å²) in [6.45, 7) is 3.38. The van der Waals surface area contributed by atoms with Crippen LogP contribution in [0.1, 0.15) is 32.1 Å². The van der Waals surface area contributed by atoms with Crippen LogP contribution in [0.15, 0.2) is 0 Å². The first-order valence-electron chi connectivity index (χ1n) is 4.59. The summed E-state index contributed by atoms with van der Waals surface area (Å²) in [6, 6.07) is 0. The highest BCUT2D eigenvalue weighted by Crippen LogP contribution is 2.09. The highest BCUT2D eigenvalue weighted by atomic mass is 16.1. The molecule has 0 amide bonds. The lowest BCUT2D eigenvalue weighted by atomic mass is 10.2. The third-order valence-electron chi connectivity index (χ3n) is 2.26. The van der Waals surface area contributed by atoms with Crippen LogP contribution in [0.5, 0.6) is 0 Å². The summed E-state index contributed by atoms with van der Waals surface area (Å²) in [7, 11) is 0. The van der Waals surface area contributed by atoms with E-state index >= 15 is 0 Å². The van der Waals surface area contributed by atoms with Crippen molar-refractivity contribution < 1.29 is 4.79 Å². The van der Waals surface area contributed by atoms with Crippen molar-refractivity contribution in [1.29, 1.82) is 0 Å². The minimum Gasteiger partial charge on any atom is -0.303 e. The molecule has 2 heteroatoms. The molecule has 1 saturated heterocycles. The number of carbonyl (C=O) groups excluding carboxylic acids is 1. The highest BCUT2D eigenvalue weighted by Gasteiger charge is 2.06. The Morgan fingerprint density at radius 1 is 1.09 bits per heavy atom. The van der Waals surface area contributed by atoms with Gasteiger partial charge < -0.3 is 9.69 Å². The Kier molecular flexibility index (Phi) is 4.21. The molecule has 0 aliphatic carbocycles. The average Bonchev–Trinajstić information content (AvgIpc) is 2.28. The van der Waals surface area contributed by atoms with Crippen LogP contribution in [0, 0.1) is 0 Å². The van der Waals surface area contributed by atoms with Crippen molar-refractivity contribution in [2.75, 3.05) is 19.6 Å². The average molecular weight is 155 g/mol. The second-order valence-corrected chi connectivity index (χ2v) is 3.21. The predicted molar refractivity (Wildman–Crippen MR) is 45.6 cm³/mol. The van der Waals surface area contributed by atoms with Gasteiger partial charge in [-0.05, 0) is 25.9 Å². The first-order valence-corrected chi connectivity index (χ1v) is 4.59. The molecule has 11 heavy (non-hydrogen) atoms. The smallest absolute Gasteiger partial charge is 0.121 e. The SMILES string of the molecule is O=CCCN1CCCCCC1. The second-order valence-electron chi connectivity index (χ2n) is 3.21. The van der Waals surface area contributed by atoms with Gasteiger partial charge >= 0.3 is 0 Å². The molecule has 0 saturated carbocycles. The van der Waals surface area contributed by atoms with E-state index in [1.54, 1.807) is 0 Å². The van der Waals surface area contributed by atoms with Crippen LogP contribution < -0.4 is 0 Å². The van der Waals surface area contributed by atoms with Gasteiger partial charge in [-0.25, -0.2) is 0 Å². The van der Waals surface area contributed by atoms with Crippen LogP contribution in [0.3, 0.4) is 0 Å². The molecular formula is C9H17NO. The number of aldehydes is 1. The van der Waals surface area contributed by atoms with Gasteiger partial charge in [0.15, 0.2) is 0 Å². The van der Waals surface area contributed by atoms with Crippen molar-refractivity contribution in [1.82, 2.24) is 4.90 Å². The fourth-order valence-corrected chi connectivity index (χ4v) is 1.60. The first-order chi connectivity index (χ1) is 5.43. The minimum atomic E-state index is 0.708. The molecule has 0 aromatic heterocycles. The third-order valence-corrected chi connectivity index (χ3v) is 2.26. The molecule has 64 valence electrons. The van der Waals surface area contributed by atoms with Crippen LogP contribution in [-0.2, 0) is 4.79 Å². The standard InChI is InChI=1S/C9H17NO/c11-9-5-8-10-6-3-1-2-4-7-10/h9H,1-8H2. The van der Waals surface area contributed by atoms with Crippen LogP contribution in [0.25, 0.3) is 0 Å². The van der Waals surface area contributed by atoms with Crippen LogP contribution in [0.4, 0.5) is 0 Å². The highest BCUT2D eigenvalue weighted by molar-refractivity contribution is 5.49. The van der Waals surface area contributed by atoms with E-state index in [1.165, 1.54) is 38.8 Å². The summed E-state index contributed by atoms with van der Waals surface area (Å²) in [5, 5.41) is 0. The summed E-state index contributed by atoms with van der Waals surface area (Å²) in [5.41, 5.74) is 0. The van der Waals surface area contributed by atoms with E-state index in [4.69, 9.17) is 0 Å². The van der Waals surface area contributed by atoms with Gasteiger partial charge in [0.1, 0.15) is 6.29 Å². The number of hydrogen-bond acceptors (Lipinski definition) is 2. The minimum absolute atomic E-state index is 0.708. The first kappa shape index (κ1) is 8.72. The predicted octanol–water partition coefficient (Wildman–Crippen LogP) is 1.45. The lowest BCUT2D eigenvalue weighted by molar-refractivity contribution is -0.108. The van der Waals surface area contributed by atoms with Gasteiger partial charge in [-0.15, -0.1) is 0 Å². The third kappa shape index (κ3) is 3.51. The molecule has 1 aliphatic rings. The Morgan fingerprint density at radius 2 is 1.73 bits per heavy atom. The Morgan fingerprint density at radius 3 is 2.27 bits per heavy atom. The van der Waals surface area contributed by atoms with Gasteiger partial charge in [0.25, 0.3) is 0 Å². The number of nitrogens with zero attached hydrogens (tertiary/aromatic N) is 1. The Bertz CT molecular complexity index is 106. The molecule has 2 nitrogen and oxygen atoms in total. The van der Waals surface area contributed by atoms with Gasteiger partial charge in [-0.1, -0.05) is 12.8 Å². The van der Waals surface area contributed by atoms with E-state index in [0.717, 1.165) is 12.8 Å². The topological polar surface area (TPSA) is 20.3 Å². The van der Waals surface area contributed by atoms with Crippen molar-refractivity contribution in [2.45, 2.75) is 32.1 Å². The fourth-order valence-electron chi connectivity index (χ4n) is 1.60. The van der Waals surface area contributed by atoms with E-state index in [0.29, 0.717) is 6.42 Å². The van der Waals surface area contributed by atoms with E-state index in [9.17, 15) is 4.79 Å². The Balaban J connectivity index is 2.14. The normalized spacial score (nSPS) is 21.1. The molecule has 1 rings (SSSR count). The maximum absolute atomic E-state index is 10.1. The lowest BCUT2D eigenvalue weighted by Gasteiger charge is -2.17. The second kappa shape index (κ2) is 5.30. The molecule has 0 aromatic rings. The molecule has 1 fully saturated rings. The van der Waals surface area contributed by atoms with Crippen LogP contribution in [0.2, 0.25) is 0 Å². The Hall–Kier alpha value is -0.370. The van der Waals surface area contributed by atoms with Crippen molar-refractivity contribution >= 4 is 6.29 Å². The maximum atomic E-state index is 10.1. The summed E-state index contributed by atoms with van der Waals surface area (Å²) in [6.07, 6.45) is 7.11. The van der Waals surface area contributed by atoms with Gasteiger partial charge in [-0.3, -0.25) is 0 Å². The zero-order chi connectivity index (χ0) is 7.94. The van der Waals surface area contributed by atoms with Crippen LogP contribution in [-0.4, -0.2) is 30.8 Å². The van der Waals surface area contributed by atoms with Gasteiger partial charge in [0.05, 0.1) is 0 Å². The van der Waals surface area contributed by atoms with E-state index < -0.39 is 0 Å². The molecule has 0 spiro atoms. The molecule has 0 aromatic carbocycles. The maximum Gasteiger partial charge on any atom is 0.121 e. The lowest BCUT2D eigenvalue weighted by Crippen LogP contribution is -2.25. The van der Waals surface area contributed by atoms with Gasteiger partial charge in [0, 0.05) is 13.0 Å². The number of hydrogen-bond donors (Lipinski definition) is 0. The number of likely N-dealkylation sites (tertiary alicyclic amines) is 1. The monoisotopic (exact) mass is 155 g/mol. The van der Waals surface area contributed by atoms with Crippen molar-refractivity contribution in [3.05, 3.63) is 0 Å². The molecule has 0 atom stereocenters. The number of rotatable bonds is 3. The summed E-state index contributed by atoms with van der Waals surface area (Å²) in [5.74, 6) is 0. The molecule has 0 unspecified atom stereocenters. The quantitative estimate of drug-likeness (QED) is 0.575. The number of carbonyl (C=O) groups is 1. The molecule has 0 bridgehead atoms. The molecule has 0 N–H and O–H groups in total. The van der Waals surface area contributed by atoms with Crippen molar-refractivity contribution in [2.24, 2.45) is 0 Å². The van der Waals surface area contributed by atoms with Gasteiger partial charge in [0.2, 0.25) is 0 Å². The molecule has 1 aliphatic heterocycles. The van der Waals surface area contributed by atoms with Crippen molar-refractivity contribution in [3.8, 4) is 0 Å². The summed E-state index contributed by atoms with van der Waals surface area (Å²) in [4.78, 5) is 12.5. The van der Waals surface area contributed by atoms with Crippen LogP contribution >= 0.6 is 0 Å². The fraction of sp³-hybridized carbons (Fsp3) is 0.889. The van der Waals surface area contributed by atoms with E-state index in [-0.39, 0.29) is 0 Å². The largest absolute Gasteiger partial charge is 0.303 e. The Labute approximate surface area is 68.6 Å². The summed E-state index contributed by atoms with van der Waals surface area (Å²) < 4.78 is 0. The molecule has 0 radical (unpaired) electrons. The van der Waals surface area contributed by atoms with E-state index in [1.807, 2.05) is 0 Å². The van der Waals surface area contributed by atoms with Crippen molar-refractivity contribution in [3.63, 3.8) is 0 Å². The zero-order valence-corrected chi connectivity index (χ0v) is 7.09.